The molecule has 0 saturated carbocycles. The van der Waals surface area contributed by atoms with E-state index in [-0.39, 0.29) is 24.3 Å². The molecular formula is C23H24F6N2O8S2. The third-order valence-corrected chi connectivity index (χ3v) is 7.06. The Labute approximate surface area is 231 Å². The molecule has 0 bridgehead atoms. The molecule has 0 spiro atoms. The largest absolute Gasteiger partial charge is 0.458 e. The van der Waals surface area contributed by atoms with Crippen LogP contribution in [-0.4, -0.2) is 58.9 Å². The molecule has 0 atom stereocenters. The summed E-state index contributed by atoms with van der Waals surface area (Å²) < 4.78 is 145. The summed E-state index contributed by atoms with van der Waals surface area (Å²) in [6, 6.07) is 8.26. The third kappa shape index (κ3) is 11.1. The van der Waals surface area contributed by atoms with Gasteiger partial charge < -0.3 is 9.47 Å². The first-order chi connectivity index (χ1) is 19.0. The van der Waals surface area contributed by atoms with E-state index in [0.29, 0.717) is 0 Å². The van der Waals surface area contributed by atoms with E-state index in [0.717, 1.165) is 48.5 Å². The van der Waals surface area contributed by atoms with Crippen LogP contribution in [0.5, 0.6) is 11.5 Å². The van der Waals surface area contributed by atoms with Crippen LogP contribution in [0, 0.1) is 0 Å². The summed E-state index contributed by atoms with van der Waals surface area (Å²) >= 11 is 0. The fourth-order valence-electron chi connectivity index (χ4n) is 2.88. The Morgan fingerprint density at radius 2 is 0.951 bits per heavy atom. The van der Waals surface area contributed by atoms with Gasteiger partial charge >= 0.3 is 32.6 Å². The Morgan fingerprint density at radius 3 is 1.22 bits per heavy atom. The summed E-state index contributed by atoms with van der Waals surface area (Å²) in [5.74, 6) is -0.982. The lowest BCUT2D eigenvalue weighted by molar-refractivity contribution is -0.0606. The molecule has 0 aliphatic rings. The SMILES string of the molecule is CCCS(=O)(=O)ON=C(c1ccc(OCOc2ccc(C(=NOS(=O)(=O)CCC)C(F)(F)F)cc2)cc1)C(F)(F)F. The van der Waals surface area contributed by atoms with Crippen LogP contribution in [0.1, 0.15) is 37.8 Å². The van der Waals surface area contributed by atoms with Crippen LogP contribution in [0.2, 0.25) is 0 Å². The lowest BCUT2D eigenvalue weighted by Crippen LogP contribution is -2.25. The molecule has 0 aliphatic heterocycles. The van der Waals surface area contributed by atoms with Crippen LogP contribution < -0.4 is 9.47 Å². The molecule has 0 fully saturated rings. The molecule has 0 heterocycles. The van der Waals surface area contributed by atoms with E-state index in [1.54, 1.807) is 0 Å². The lowest BCUT2D eigenvalue weighted by Gasteiger charge is -2.13. The van der Waals surface area contributed by atoms with Gasteiger partial charge in [0, 0.05) is 11.1 Å². The smallest absolute Gasteiger partial charge is 0.437 e. The molecule has 228 valence electrons. The molecule has 0 saturated heterocycles. The van der Waals surface area contributed by atoms with Crippen molar-refractivity contribution in [1.82, 2.24) is 0 Å². The molecule has 0 aliphatic carbocycles. The zero-order chi connectivity index (χ0) is 30.9. The number of nitrogens with zero attached hydrogens (tertiary/aromatic N) is 2. The topological polar surface area (TPSA) is 130 Å². The van der Waals surface area contributed by atoms with Gasteiger partial charge in [0.1, 0.15) is 11.5 Å². The second-order valence-corrected chi connectivity index (χ2v) is 11.3. The predicted octanol–water partition coefficient (Wildman–Crippen LogP) is 5.15. The monoisotopic (exact) mass is 634 g/mol. The van der Waals surface area contributed by atoms with Crippen molar-refractivity contribution in [2.45, 2.75) is 39.0 Å². The van der Waals surface area contributed by atoms with Crippen molar-refractivity contribution in [3.63, 3.8) is 0 Å². The highest BCUT2D eigenvalue weighted by molar-refractivity contribution is 7.86. The van der Waals surface area contributed by atoms with Gasteiger partial charge in [-0.25, -0.2) is 0 Å². The highest BCUT2D eigenvalue weighted by Crippen LogP contribution is 2.26. The Balaban J connectivity index is 2.07. The number of alkyl halides is 6. The zero-order valence-corrected chi connectivity index (χ0v) is 23.0. The average Bonchev–Trinajstić information content (AvgIpc) is 2.84. The Morgan fingerprint density at radius 1 is 0.634 bits per heavy atom. The van der Waals surface area contributed by atoms with E-state index < -0.39 is 73.4 Å². The van der Waals surface area contributed by atoms with E-state index in [9.17, 15) is 43.2 Å². The molecule has 0 N–H and O–H groups in total. The Hall–Kier alpha value is -3.54. The summed E-state index contributed by atoms with van der Waals surface area (Å²) in [6.07, 6.45) is -9.85. The van der Waals surface area contributed by atoms with Crippen LogP contribution in [-0.2, 0) is 28.8 Å². The van der Waals surface area contributed by atoms with Crippen LogP contribution in [0.25, 0.3) is 0 Å². The zero-order valence-electron chi connectivity index (χ0n) is 21.4. The van der Waals surface area contributed by atoms with Crippen molar-refractivity contribution in [3.05, 3.63) is 59.7 Å². The van der Waals surface area contributed by atoms with Crippen molar-refractivity contribution >= 4 is 31.7 Å². The fourth-order valence-corrected chi connectivity index (χ4v) is 4.41. The maximum absolute atomic E-state index is 13.4. The van der Waals surface area contributed by atoms with Crippen LogP contribution in [0.4, 0.5) is 26.3 Å². The Bertz CT molecular complexity index is 1310. The molecule has 10 nitrogen and oxygen atoms in total. The van der Waals surface area contributed by atoms with Gasteiger partial charge in [0.05, 0.1) is 11.5 Å². The molecule has 0 aromatic heterocycles. The molecule has 0 unspecified atom stereocenters. The predicted molar refractivity (Wildman–Crippen MR) is 135 cm³/mol. The number of ether oxygens (including phenoxy) is 2. The van der Waals surface area contributed by atoms with Crippen molar-refractivity contribution in [2.24, 2.45) is 10.3 Å². The standard InChI is InChI=1S/C23H24F6N2O8S2/c1-3-13-40(32,33)38-30-20(22(24,25)26)16-5-9-18(10-6-16)36-15-37-19-11-7-17(8-12-19)21(23(27,28)29)31-39-41(34,35)14-4-2/h5-12H,3-4,13-15H2,1-2H3. The van der Waals surface area contributed by atoms with Crippen LogP contribution in [0.3, 0.4) is 0 Å². The molecule has 41 heavy (non-hydrogen) atoms. The first-order valence-electron chi connectivity index (χ1n) is 11.6. The maximum Gasteiger partial charge on any atom is 0.437 e. The number of oxime groups is 2. The average molecular weight is 635 g/mol. The van der Waals surface area contributed by atoms with Gasteiger partial charge in [-0.2, -0.15) is 43.2 Å². The second-order valence-electron chi connectivity index (χ2n) is 8.00. The normalized spacial score (nSPS) is 13.6. The molecular weight excluding hydrogens is 610 g/mol. The van der Waals surface area contributed by atoms with Gasteiger partial charge in [0.2, 0.25) is 6.79 Å². The molecule has 18 heteroatoms. The van der Waals surface area contributed by atoms with Gasteiger partial charge in [-0.3, -0.25) is 8.57 Å². The third-order valence-electron chi connectivity index (χ3n) is 4.64. The number of halogens is 6. The molecule has 2 aromatic rings. The summed E-state index contributed by atoms with van der Waals surface area (Å²) in [5, 5.41) is 5.55. The molecule has 0 radical (unpaired) electrons. The van der Waals surface area contributed by atoms with Crippen molar-refractivity contribution in [3.8, 4) is 11.5 Å². The minimum absolute atomic E-state index is 0.0309. The lowest BCUT2D eigenvalue weighted by atomic mass is 10.1. The van der Waals surface area contributed by atoms with Crippen LogP contribution in [0.15, 0.2) is 58.8 Å². The quantitative estimate of drug-likeness (QED) is 0.121. The molecule has 2 rings (SSSR count). The minimum Gasteiger partial charge on any atom is -0.458 e. The number of rotatable bonds is 14. The van der Waals surface area contributed by atoms with Crippen molar-refractivity contribution < 1.29 is 61.2 Å². The maximum atomic E-state index is 13.4. The second kappa shape index (κ2) is 13.9. The highest BCUT2D eigenvalue weighted by atomic mass is 32.2. The number of hydrogen-bond acceptors (Lipinski definition) is 10. The van der Waals surface area contributed by atoms with Gasteiger partial charge in [-0.1, -0.05) is 24.2 Å². The summed E-state index contributed by atoms with van der Waals surface area (Å²) in [4.78, 5) is 0. The molecule has 0 amide bonds. The van der Waals surface area contributed by atoms with E-state index >= 15 is 0 Å². The first kappa shape index (κ1) is 33.7. The Kier molecular flexibility index (Phi) is 11.4. The van der Waals surface area contributed by atoms with Crippen LogP contribution >= 0.6 is 0 Å². The van der Waals surface area contributed by atoms with E-state index in [1.807, 2.05) is 0 Å². The number of hydrogen-bond donors (Lipinski definition) is 0. The summed E-state index contributed by atoms with van der Waals surface area (Å²) in [5.41, 5.74) is -4.20. The minimum atomic E-state index is -5.04. The van der Waals surface area contributed by atoms with Gasteiger partial charge in [-0.15, -0.1) is 0 Å². The van der Waals surface area contributed by atoms with E-state index in [4.69, 9.17) is 9.47 Å². The van der Waals surface area contributed by atoms with Crippen molar-refractivity contribution in [2.75, 3.05) is 18.3 Å². The first-order valence-corrected chi connectivity index (χ1v) is 14.7. The van der Waals surface area contributed by atoms with Crippen molar-refractivity contribution in [1.29, 1.82) is 0 Å². The van der Waals surface area contributed by atoms with Gasteiger partial charge in [0.15, 0.2) is 11.4 Å². The van der Waals surface area contributed by atoms with Gasteiger partial charge in [0.25, 0.3) is 0 Å². The summed E-state index contributed by atoms with van der Waals surface area (Å²) in [6.45, 7) is 2.48. The summed E-state index contributed by atoms with van der Waals surface area (Å²) in [7, 11) is -8.58. The van der Waals surface area contributed by atoms with Gasteiger partial charge in [-0.05, 0) is 61.4 Å². The van der Waals surface area contributed by atoms with E-state index in [1.165, 1.54) is 13.8 Å². The molecule has 2 aromatic carbocycles. The number of benzene rings is 2. The van der Waals surface area contributed by atoms with E-state index in [2.05, 4.69) is 18.9 Å². The fraction of sp³-hybridized carbons (Fsp3) is 0.391. The highest BCUT2D eigenvalue weighted by Gasteiger charge is 2.39.